The van der Waals surface area contributed by atoms with E-state index in [9.17, 15) is 9.50 Å². The van der Waals surface area contributed by atoms with E-state index in [0.29, 0.717) is 16.8 Å². The van der Waals surface area contributed by atoms with E-state index in [-0.39, 0.29) is 17.1 Å². The molecule has 128 valence electrons. The van der Waals surface area contributed by atoms with Gasteiger partial charge in [0.15, 0.2) is 5.82 Å². The van der Waals surface area contributed by atoms with Gasteiger partial charge in [-0.15, -0.1) is 10.2 Å². The van der Waals surface area contributed by atoms with Gasteiger partial charge in [-0.1, -0.05) is 26.0 Å². The van der Waals surface area contributed by atoms with Crippen molar-refractivity contribution in [2.45, 2.75) is 13.8 Å². The van der Waals surface area contributed by atoms with Crippen LogP contribution in [-0.2, 0) is 0 Å². The van der Waals surface area contributed by atoms with Crippen molar-refractivity contribution in [3.63, 3.8) is 0 Å². The summed E-state index contributed by atoms with van der Waals surface area (Å²) in [5.74, 6) is -0.525. The molecule has 0 aliphatic heterocycles. The van der Waals surface area contributed by atoms with Crippen LogP contribution in [0.2, 0.25) is 0 Å². The van der Waals surface area contributed by atoms with Crippen molar-refractivity contribution >= 4 is 17.7 Å². The fourth-order valence-electron chi connectivity index (χ4n) is 2.10. The Bertz CT molecular complexity index is 866. The van der Waals surface area contributed by atoms with Crippen LogP contribution in [-0.4, -0.2) is 20.3 Å². The van der Waals surface area contributed by atoms with E-state index in [1.165, 1.54) is 18.2 Å². The minimum atomic E-state index is -0.541. The molecule has 6 heteroatoms. The Morgan fingerprint density at radius 3 is 2.44 bits per heavy atom. The number of para-hydroxylation sites is 1. The molecule has 0 radical (unpaired) electrons. The van der Waals surface area contributed by atoms with E-state index in [1.54, 1.807) is 42.7 Å². The number of benzene rings is 1. The molecule has 3 N–H and O–H groups in total. The van der Waals surface area contributed by atoms with Gasteiger partial charge in [-0.2, -0.15) is 0 Å². The van der Waals surface area contributed by atoms with Gasteiger partial charge in [-0.25, -0.2) is 4.39 Å². The van der Waals surface area contributed by atoms with Crippen LogP contribution in [0.1, 0.15) is 25.0 Å². The van der Waals surface area contributed by atoms with Gasteiger partial charge in [0.2, 0.25) is 0 Å². The van der Waals surface area contributed by atoms with Gasteiger partial charge in [0.1, 0.15) is 11.6 Å². The summed E-state index contributed by atoms with van der Waals surface area (Å²) in [6.45, 7) is 4.00. The molecule has 3 rings (SSSR count). The van der Waals surface area contributed by atoms with E-state index in [2.05, 4.69) is 15.2 Å². The maximum Gasteiger partial charge on any atom is 0.156 e. The summed E-state index contributed by atoms with van der Waals surface area (Å²) in [6, 6.07) is 11.4. The molecule has 3 aromatic rings. The topological polar surface area (TPSA) is 84.9 Å². The maximum absolute atomic E-state index is 14.5. The number of rotatable bonds is 3. The van der Waals surface area contributed by atoms with Gasteiger partial charge in [-0.05, 0) is 42.0 Å². The zero-order valence-electron chi connectivity index (χ0n) is 14.0. The molecule has 0 aliphatic rings. The van der Waals surface area contributed by atoms with Gasteiger partial charge in [0.25, 0.3) is 0 Å². The number of aromatic nitrogens is 3. The Hall–Kier alpha value is -3.28. The largest absolute Gasteiger partial charge is 0.507 e. The second-order valence-electron chi connectivity index (χ2n) is 4.82. The van der Waals surface area contributed by atoms with E-state index in [1.807, 2.05) is 13.8 Å². The van der Waals surface area contributed by atoms with Crippen LogP contribution in [0.4, 0.5) is 10.2 Å². The first kappa shape index (κ1) is 18.1. The molecule has 0 aliphatic carbocycles. The van der Waals surface area contributed by atoms with Crippen LogP contribution in [0.5, 0.6) is 5.75 Å². The predicted octanol–water partition coefficient (Wildman–Crippen LogP) is 4.32. The van der Waals surface area contributed by atoms with Crippen molar-refractivity contribution in [3.05, 3.63) is 66.0 Å². The monoisotopic (exact) mass is 338 g/mol. The molecule has 1 aromatic carbocycles. The van der Waals surface area contributed by atoms with Gasteiger partial charge in [0, 0.05) is 18.0 Å². The number of nitrogen functional groups attached to an aromatic ring is 1. The number of halogens is 1. The summed E-state index contributed by atoms with van der Waals surface area (Å²) < 4.78 is 14.5. The molecule has 5 nitrogen and oxygen atoms in total. The first-order chi connectivity index (χ1) is 12.1. The Balaban J connectivity index is 0.00000109. The van der Waals surface area contributed by atoms with Crippen LogP contribution in [0.15, 0.2) is 54.9 Å². The number of nitrogens with two attached hydrogens (primary N) is 1. The molecular formula is C19H19FN4O. The average molecular weight is 338 g/mol. The second kappa shape index (κ2) is 8.54. The van der Waals surface area contributed by atoms with Crippen molar-refractivity contribution in [1.82, 2.24) is 15.2 Å². The Labute approximate surface area is 145 Å². The summed E-state index contributed by atoms with van der Waals surface area (Å²) in [6.07, 6.45) is 4.48. The number of pyridine rings is 1. The maximum atomic E-state index is 14.5. The van der Waals surface area contributed by atoms with Gasteiger partial charge < -0.3 is 10.8 Å². The quantitative estimate of drug-likeness (QED) is 0.743. The zero-order chi connectivity index (χ0) is 18.2. The number of phenolic OH excluding ortho intramolecular Hbond substituents is 1. The lowest BCUT2D eigenvalue weighted by Gasteiger charge is -2.07. The summed E-state index contributed by atoms with van der Waals surface area (Å²) in [5.41, 5.74) is 7.30. The minimum Gasteiger partial charge on any atom is -0.507 e. The van der Waals surface area contributed by atoms with Crippen LogP contribution >= 0.6 is 0 Å². The first-order valence-electron chi connectivity index (χ1n) is 7.84. The standard InChI is InChI=1S/C17H13FN4O.C2H6/c18-14(9-11-5-7-20-8-6-11)13-10-15(21-22-17(13)19)12-3-1-2-4-16(12)23;1-2/h1-10,23H,(H2,19,22);1-2H3/b14-9-;. The molecule has 2 heterocycles. The summed E-state index contributed by atoms with van der Waals surface area (Å²) in [7, 11) is 0. The molecule has 0 fully saturated rings. The van der Waals surface area contributed by atoms with Gasteiger partial charge in [-0.3, -0.25) is 4.98 Å². The smallest absolute Gasteiger partial charge is 0.156 e. The average Bonchev–Trinajstić information content (AvgIpc) is 2.65. The van der Waals surface area contributed by atoms with E-state index in [4.69, 9.17) is 5.73 Å². The van der Waals surface area contributed by atoms with E-state index < -0.39 is 5.83 Å². The van der Waals surface area contributed by atoms with E-state index >= 15 is 0 Å². The van der Waals surface area contributed by atoms with Crippen molar-refractivity contribution in [2.24, 2.45) is 0 Å². The Morgan fingerprint density at radius 1 is 1.08 bits per heavy atom. The van der Waals surface area contributed by atoms with Gasteiger partial charge >= 0.3 is 0 Å². The third kappa shape index (κ3) is 4.38. The molecule has 0 bridgehead atoms. The van der Waals surface area contributed by atoms with Crippen LogP contribution < -0.4 is 5.73 Å². The Morgan fingerprint density at radius 2 is 1.76 bits per heavy atom. The first-order valence-corrected chi connectivity index (χ1v) is 7.84. The lowest BCUT2D eigenvalue weighted by atomic mass is 10.1. The summed E-state index contributed by atoms with van der Waals surface area (Å²) in [4.78, 5) is 3.88. The number of phenols is 1. The van der Waals surface area contributed by atoms with Crippen molar-refractivity contribution in [1.29, 1.82) is 0 Å². The van der Waals surface area contributed by atoms with Crippen LogP contribution in [0.3, 0.4) is 0 Å². The summed E-state index contributed by atoms with van der Waals surface area (Å²) in [5, 5.41) is 17.6. The number of aromatic hydroxyl groups is 1. The van der Waals surface area contributed by atoms with Crippen molar-refractivity contribution in [3.8, 4) is 17.0 Å². The lowest BCUT2D eigenvalue weighted by Crippen LogP contribution is -2.00. The molecule has 0 atom stereocenters. The predicted molar refractivity (Wildman–Crippen MR) is 98.1 cm³/mol. The van der Waals surface area contributed by atoms with Crippen molar-refractivity contribution < 1.29 is 9.50 Å². The molecule has 0 unspecified atom stereocenters. The van der Waals surface area contributed by atoms with Gasteiger partial charge in [0.05, 0.1) is 11.3 Å². The highest BCUT2D eigenvalue weighted by Gasteiger charge is 2.12. The molecule has 25 heavy (non-hydrogen) atoms. The highest BCUT2D eigenvalue weighted by Crippen LogP contribution is 2.31. The zero-order valence-corrected chi connectivity index (χ0v) is 14.0. The number of hydrogen-bond donors (Lipinski definition) is 2. The number of nitrogens with zero attached hydrogens (tertiary/aromatic N) is 3. The number of anilines is 1. The molecule has 0 saturated heterocycles. The van der Waals surface area contributed by atoms with Crippen LogP contribution in [0, 0.1) is 0 Å². The normalized spacial score (nSPS) is 10.8. The molecule has 0 saturated carbocycles. The fraction of sp³-hybridized carbons (Fsp3) is 0.105. The third-order valence-corrected chi connectivity index (χ3v) is 3.26. The highest BCUT2D eigenvalue weighted by molar-refractivity contribution is 5.82. The fourth-order valence-corrected chi connectivity index (χ4v) is 2.10. The second-order valence-corrected chi connectivity index (χ2v) is 4.82. The molecular weight excluding hydrogens is 319 g/mol. The molecule has 2 aromatic heterocycles. The summed E-state index contributed by atoms with van der Waals surface area (Å²) >= 11 is 0. The molecule has 0 spiro atoms. The third-order valence-electron chi connectivity index (χ3n) is 3.26. The minimum absolute atomic E-state index is 0.0213. The lowest BCUT2D eigenvalue weighted by molar-refractivity contribution is 0.477. The van der Waals surface area contributed by atoms with E-state index in [0.717, 1.165) is 0 Å². The molecule has 0 amide bonds. The van der Waals surface area contributed by atoms with Crippen molar-refractivity contribution in [2.75, 3.05) is 5.73 Å². The van der Waals surface area contributed by atoms with Crippen LogP contribution in [0.25, 0.3) is 23.2 Å². The Kier molecular flexibility index (Phi) is 6.17. The highest BCUT2D eigenvalue weighted by atomic mass is 19.1. The SMILES string of the molecule is CC.Nc1nnc(-c2ccccc2O)cc1/C(F)=C/c1ccncc1. The number of hydrogen-bond acceptors (Lipinski definition) is 5.